The molecule has 98 valence electrons. The van der Waals surface area contributed by atoms with Crippen molar-refractivity contribution < 1.29 is 29.9 Å². The van der Waals surface area contributed by atoms with Gasteiger partial charge in [0.1, 0.15) is 0 Å². The second kappa shape index (κ2) is 6.50. The van der Waals surface area contributed by atoms with E-state index < -0.39 is 26.3 Å². The lowest BCUT2D eigenvalue weighted by Gasteiger charge is -2.13. The van der Waals surface area contributed by atoms with Crippen molar-refractivity contribution >= 4 is 20.2 Å². The van der Waals surface area contributed by atoms with Crippen LogP contribution in [0.2, 0.25) is 0 Å². The Kier molecular flexibility index (Phi) is 6.41. The van der Waals surface area contributed by atoms with Gasteiger partial charge in [-0.1, -0.05) is 0 Å². The molecule has 7 nitrogen and oxygen atoms in total. The minimum Gasteiger partial charge on any atom is -0.379 e. The van der Waals surface area contributed by atoms with Crippen LogP contribution < -0.4 is 0 Å². The zero-order valence-electron chi connectivity index (χ0n) is 9.37. The Balaban J connectivity index is 3.94. The summed E-state index contributed by atoms with van der Waals surface area (Å²) in [7, 11) is -5.64. The summed E-state index contributed by atoms with van der Waals surface area (Å²) in [6.07, 6.45) is 1.55. The van der Waals surface area contributed by atoms with Crippen LogP contribution in [0.4, 0.5) is 0 Å². The lowest BCUT2D eigenvalue weighted by molar-refractivity contribution is 0.0451. The highest BCUT2D eigenvalue weighted by molar-refractivity contribution is 7.86. The van der Waals surface area contributed by atoms with Crippen LogP contribution in [-0.2, 0) is 33.3 Å². The summed E-state index contributed by atoms with van der Waals surface area (Å²) < 4.78 is 56.5. The van der Waals surface area contributed by atoms with E-state index in [0.29, 0.717) is 0 Å². The zero-order valence-corrected chi connectivity index (χ0v) is 11.0. The number of hydrogen-bond donors (Lipinski definition) is 0. The van der Waals surface area contributed by atoms with Crippen molar-refractivity contribution in [2.75, 3.05) is 32.8 Å². The van der Waals surface area contributed by atoms with Gasteiger partial charge in [0.25, 0.3) is 20.2 Å². The van der Waals surface area contributed by atoms with Crippen molar-refractivity contribution in [3.63, 3.8) is 0 Å². The summed E-state index contributed by atoms with van der Waals surface area (Å²) in [5.41, 5.74) is 0. The second-order valence-corrected chi connectivity index (χ2v) is 6.45. The van der Waals surface area contributed by atoms with Crippen molar-refractivity contribution in [3.05, 3.63) is 0 Å². The van der Waals surface area contributed by atoms with Crippen LogP contribution in [0, 0.1) is 0 Å². The Morgan fingerprint density at radius 1 is 1.00 bits per heavy atom. The zero-order chi connectivity index (χ0) is 12.8. The fourth-order valence-electron chi connectivity index (χ4n) is 0.800. The van der Waals surface area contributed by atoms with Crippen molar-refractivity contribution in [2.45, 2.75) is 12.5 Å². The molecular formula is C7H16O7S2. The van der Waals surface area contributed by atoms with Crippen molar-refractivity contribution in [2.24, 2.45) is 0 Å². The number of rotatable bonds is 8. The van der Waals surface area contributed by atoms with Gasteiger partial charge in [0.05, 0.1) is 31.8 Å². The Hall–Kier alpha value is -0.220. The molecule has 0 aliphatic carbocycles. The lowest BCUT2D eigenvalue weighted by Crippen LogP contribution is -2.23. The Morgan fingerprint density at radius 3 is 1.88 bits per heavy atom. The highest BCUT2D eigenvalue weighted by Gasteiger charge is 2.13. The molecule has 0 aromatic rings. The Bertz CT molecular complexity index is 383. The minimum atomic E-state index is -3.52. The predicted octanol–water partition coefficient (Wildman–Crippen LogP) is -0.656. The van der Waals surface area contributed by atoms with Crippen LogP contribution in [0.25, 0.3) is 0 Å². The first-order chi connectivity index (χ1) is 7.14. The quantitative estimate of drug-likeness (QED) is 0.543. The van der Waals surface area contributed by atoms with Crippen LogP contribution in [0.1, 0.15) is 6.42 Å². The number of hydrogen-bond acceptors (Lipinski definition) is 7. The molecular weight excluding hydrogens is 260 g/mol. The molecule has 9 heteroatoms. The van der Waals surface area contributed by atoms with Crippen molar-refractivity contribution in [3.8, 4) is 0 Å². The molecule has 0 bridgehead atoms. The Labute approximate surface area is 95.9 Å². The van der Waals surface area contributed by atoms with E-state index in [1.807, 2.05) is 0 Å². The molecule has 0 aliphatic heterocycles. The average molecular weight is 276 g/mol. The molecule has 0 fully saturated rings. The second-order valence-electron chi connectivity index (χ2n) is 3.16. The fourth-order valence-corrected chi connectivity index (χ4v) is 1.60. The van der Waals surface area contributed by atoms with Gasteiger partial charge in [0.15, 0.2) is 0 Å². The van der Waals surface area contributed by atoms with E-state index >= 15 is 0 Å². The van der Waals surface area contributed by atoms with Gasteiger partial charge in [-0.2, -0.15) is 16.8 Å². The van der Waals surface area contributed by atoms with Crippen LogP contribution in [0.5, 0.6) is 0 Å². The van der Waals surface area contributed by atoms with E-state index in [1.165, 1.54) is 7.11 Å². The van der Waals surface area contributed by atoms with Crippen LogP contribution >= 0.6 is 0 Å². The summed E-state index contributed by atoms with van der Waals surface area (Å²) >= 11 is 0. The molecule has 0 heterocycles. The van der Waals surface area contributed by atoms with Crippen molar-refractivity contribution in [1.82, 2.24) is 0 Å². The van der Waals surface area contributed by atoms with Gasteiger partial charge < -0.3 is 4.74 Å². The first-order valence-corrected chi connectivity index (χ1v) is 7.99. The molecule has 0 rings (SSSR count). The van der Waals surface area contributed by atoms with Gasteiger partial charge in [-0.3, -0.25) is 8.37 Å². The maximum Gasteiger partial charge on any atom is 0.264 e. The van der Waals surface area contributed by atoms with E-state index in [0.717, 1.165) is 12.5 Å². The normalized spacial score (nSPS) is 14.9. The average Bonchev–Trinajstić information content (AvgIpc) is 2.07. The number of ether oxygens (including phenoxy) is 1. The molecule has 0 aliphatic rings. The third-order valence-electron chi connectivity index (χ3n) is 1.54. The van der Waals surface area contributed by atoms with Gasteiger partial charge in [0, 0.05) is 13.5 Å². The molecule has 0 aromatic heterocycles. The predicted molar refractivity (Wildman–Crippen MR) is 57.0 cm³/mol. The standard InChI is InChI=1S/C7H16O7S2/c1-12-7(6-14-16(3,10)11)4-5-13-15(2,8)9/h7H,4-6H2,1-3H3/t7-/m1/s1. The molecule has 0 aromatic carbocycles. The number of methoxy groups -OCH3 is 1. The fraction of sp³-hybridized carbons (Fsp3) is 1.00. The first kappa shape index (κ1) is 15.8. The highest BCUT2D eigenvalue weighted by atomic mass is 32.2. The highest BCUT2D eigenvalue weighted by Crippen LogP contribution is 2.02. The summed E-state index contributed by atoms with van der Waals surface area (Å²) in [5, 5.41) is 0. The molecule has 0 amide bonds. The van der Waals surface area contributed by atoms with Crippen LogP contribution in [-0.4, -0.2) is 55.8 Å². The molecule has 0 spiro atoms. The monoisotopic (exact) mass is 276 g/mol. The smallest absolute Gasteiger partial charge is 0.264 e. The summed E-state index contributed by atoms with van der Waals surface area (Å²) in [5.74, 6) is 0. The summed E-state index contributed by atoms with van der Waals surface area (Å²) in [4.78, 5) is 0. The van der Waals surface area contributed by atoms with Gasteiger partial charge >= 0.3 is 0 Å². The summed E-state index contributed by atoms with van der Waals surface area (Å²) in [6.45, 7) is -0.243. The third-order valence-corrected chi connectivity index (χ3v) is 2.70. The lowest BCUT2D eigenvalue weighted by atomic mass is 10.3. The van der Waals surface area contributed by atoms with E-state index in [2.05, 4.69) is 8.37 Å². The largest absolute Gasteiger partial charge is 0.379 e. The van der Waals surface area contributed by atoms with E-state index in [4.69, 9.17) is 4.74 Å². The molecule has 0 N–H and O–H groups in total. The molecule has 0 saturated carbocycles. The molecule has 0 radical (unpaired) electrons. The van der Waals surface area contributed by atoms with Crippen LogP contribution in [0.3, 0.4) is 0 Å². The maximum atomic E-state index is 10.7. The molecule has 16 heavy (non-hydrogen) atoms. The SMILES string of the molecule is CO[C@H](CCOS(C)(=O)=O)COS(C)(=O)=O. The minimum absolute atomic E-state index is 0.0789. The summed E-state index contributed by atoms with van der Waals surface area (Å²) in [6, 6.07) is 0. The Morgan fingerprint density at radius 2 is 1.50 bits per heavy atom. The van der Waals surface area contributed by atoms with Gasteiger partial charge in [0.2, 0.25) is 0 Å². The van der Waals surface area contributed by atoms with Gasteiger partial charge in [-0.15, -0.1) is 0 Å². The first-order valence-electron chi connectivity index (χ1n) is 4.35. The van der Waals surface area contributed by atoms with E-state index in [1.54, 1.807) is 0 Å². The topological polar surface area (TPSA) is 96.0 Å². The van der Waals surface area contributed by atoms with E-state index in [-0.39, 0.29) is 19.6 Å². The molecule has 0 unspecified atom stereocenters. The van der Waals surface area contributed by atoms with Crippen LogP contribution in [0.15, 0.2) is 0 Å². The molecule has 1 atom stereocenters. The van der Waals surface area contributed by atoms with Gasteiger partial charge in [-0.25, -0.2) is 0 Å². The third kappa shape index (κ3) is 10.3. The van der Waals surface area contributed by atoms with Crippen molar-refractivity contribution in [1.29, 1.82) is 0 Å². The van der Waals surface area contributed by atoms with E-state index in [9.17, 15) is 16.8 Å². The van der Waals surface area contributed by atoms with Gasteiger partial charge in [-0.05, 0) is 0 Å². The molecule has 0 saturated heterocycles. The maximum absolute atomic E-state index is 10.7.